The highest BCUT2D eigenvalue weighted by Gasteiger charge is 2.36. The molecule has 5 nitrogen and oxygen atoms in total. The van der Waals surface area contributed by atoms with Crippen LogP contribution in [0.15, 0.2) is 29.3 Å². The van der Waals surface area contributed by atoms with E-state index in [1.54, 1.807) is 19.2 Å². The first-order valence-electron chi connectivity index (χ1n) is 9.22. The molecule has 0 heterocycles. The fraction of sp³-hybridized carbons (Fsp3) is 0.632. The van der Waals surface area contributed by atoms with Crippen LogP contribution in [0.4, 0.5) is 13.2 Å². The van der Waals surface area contributed by atoms with Crippen molar-refractivity contribution in [2.45, 2.75) is 45.5 Å². The normalized spacial score (nSPS) is 16.6. The van der Waals surface area contributed by atoms with E-state index in [1.165, 1.54) is 18.6 Å². The summed E-state index contributed by atoms with van der Waals surface area (Å²) in [4.78, 5) is 4.43. The zero-order valence-electron chi connectivity index (χ0n) is 15.9. The molecule has 2 rings (SSSR count). The Morgan fingerprint density at radius 1 is 1.22 bits per heavy atom. The molecule has 0 aromatic heterocycles. The van der Waals surface area contributed by atoms with Gasteiger partial charge in [-0.2, -0.15) is 0 Å². The van der Waals surface area contributed by atoms with E-state index in [0.29, 0.717) is 18.1 Å². The van der Waals surface area contributed by atoms with Gasteiger partial charge in [-0.15, -0.1) is 13.2 Å². The topological polar surface area (TPSA) is 54.9 Å². The molecule has 1 aliphatic carbocycles. The van der Waals surface area contributed by atoms with Crippen LogP contribution in [-0.2, 0) is 11.3 Å². The number of guanidine groups is 1. The Labute approximate surface area is 158 Å². The molecule has 0 aliphatic heterocycles. The average molecular weight is 387 g/mol. The minimum atomic E-state index is -4.72. The third-order valence-corrected chi connectivity index (χ3v) is 4.83. The van der Waals surface area contributed by atoms with Gasteiger partial charge < -0.3 is 20.1 Å². The summed E-state index contributed by atoms with van der Waals surface area (Å²) in [6.45, 7) is 4.19. The van der Waals surface area contributed by atoms with E-state index in [0.717, 1.165) is 32.4 Å². The molecule has 0 spiro atoms. The lowest BCUT2D eigenvalue weighted by atomic mass is 9.67. The van der Waals surface area contributed by atoms with E-state index in [4.69, 9.17) is 4.74 Å². The van der Waals surface area contributed by atoms with Crippen LogP contribution in [0, 0.1) is 5.41 Å². The maximum absolute atomic E-state index is 12.5. The Hall–Kier alpha value is -1.96. The van der Waals surface area contributed by atoms with Crippen LogP contribution < -0.4 is 15.4 Å². The number of aliphatic imine (C=N–C) groups is 1. The Bertz CT molecular complexity index is 616. The molecule has 0 bridgehead atoms. The second-order valence-electron chi connectivity index (χ2n) is 6.80. The lowest BCUT2D eigenvalue weighted by Gasteiger charge is -2.42. The molecule has 8 heteroatoms. The molecule has 0 atom stereocenters. The summed E-state index contributed by atoms with van der Waals surface area (Å²) in [5, 5.41) is 6.47. The molecule has 1 aromatic carbocycles. The monoisotopic (exact) mass is 387 g/mol. The highest BCUT2D eigenvalue weighted by atomic mass is 19.4. The van der Waals surface area contributed by atoms with Gasteiger partial charge in [0.15, 0.2) is 5.96 Å². The number of nitrogens with one attached hydrogen (secondary N) is 2. The third kappa shape index (κ3) is 6.93. The van der Waals surface area contributed by atoms with Gasteiger partial charge in [-0.05, 0) is 37.7 Å². The van der Waals surface area contributed by atoms with Crippen molar-refractivity contribution < 1.29 is 22.6 Å². The SMILES string of the molecule is CCNC(=NCc1ccccc1OC(F)(F)F)NCC1(CCOC)CCC1. The van der Waals surface area contributed by atoms with Crippen molar-refractivity contribution in [1.29, 1.82) is 0 Å². The fourth-order valence-corrected chi connectivity index (χ4v) is 3.15. The molecular weight excluding hydrogens is 359 g/mol. The first-order chi connectivity index (χ1) is 12.9. The van der Waals surface area contributed by atoms with Gasteiger partial charge in [0, 0.05) is 32.4 Å². The summed E-state index contributed by atoms with van der Waals surface area (Å²) in [6, 6.07) is 6.06. The molecule has 152 valence electrons. The standard InChI is InChI=1S/C19H28F3N3O2/c1-3-23-17(25-14-18(9-6-10-18)11-12-26-2)24-13-15-7-4-5-8-16(15)27-19(20,21)22/h4-5,7-8H,3,6,9-14H2,1-2H3,(H2,23,24,25). The molecule has 1 saturated carbocycles. The minimum Gasteiger partial charge on any atom is -0.405 e. The van der Waals surface area contributed by atoms with Crippen molar-refractivity contribution in [3.8, 4) is 5.75 Å². The van der Waals surface area contributed by atoms with Crippen molar-refractivity contribution in [2.24, 2.45) is 10.4 Å². The molecule has 2 N–H and O–H groups in total. The van der Waals surface area contributed by atoms with E-state index in [9.17, 15) is 13.2 Å². The highest BCUT2D eigenvalue weighted by Crippen LogP contribution is 2.43. The molecule has 0 radical (unpaired) electrons. The van der Waals surface area contributed by atoms with Crippen LogP contribution in [0.3, 0.4) is 0 Å². The molecule has 0 amide bonds. The van der Waals surface area contributed by atoms with Crippen LogP contribution >= 0.6 is 0 Å². The van der Waals surface area contributed by atoms with Crippen molar-refractivity contribution >= 4 is 5.96 Å². The Morgan fingerprint density at radius 2 is 1.96 bits per heavy atom. The van der Waals surface area contributed by atoms with Crippen LogP contribution in [0.25, 0.3) is 0 Å². The van der Waals surface area contributed by atoms with Crippen molar-refractivity contribution in [2.75, 3.05) is 26.8 Å². The zero-order valence-corrected chi connectivity index (χ0v) is 15.9. The number of hydrogen-bond acceptors (Lipinski definition) is 3. The number of ether oxygens (including phenoxy) is 2. The number of hydrogen-bond donors (Lipinski definition) is 2. The van der Waals surface area contributed by atoms with Gasteiger partial charge >= 0.3 is 6.36 Å². The third-order valence-electron chi connectivity index (χ3n) is 4.83. The average Bonchev–Trinajstić information content (AvgIpc) is 2.58. The predicted molar refractivity (Wildman–Crippen MR) is 98.7 cm³/mol. The summed E-state index contributed by atoms with van der Waals surface area (Å²) in [7, 11) is 1.70. The minimum absolute atomic E-state index is 0.0899. The van der Waals surface area contributed by atoms with Crippen LogP contribution in [0.1, 0.15) is 38.2 Å². The predicted octanol–water partition coefficient (Wildman–Crippen LogP) is 3.85. The van der Waals surface area contributed by atoms with Crippen molar-refractivity contribution in [3.05, 3.63) is 29.8 Å². The second kappa shape index (κ2) is 9.82. The Morgan fingerprint density at radius 3 is 2.56 bits per heavy atom. The van der Waals surface area contributed by atoms with Gasteiger partial charge in [0.2, 0.25) is 0 Å². The lowest BCUT2D eigenvalue weighted by Crippen LogP contribution is -2.47. The number of nitrogens with zero attached hydrogens (tertiary/aromatic N) is 1. The van der Waals surface area contributed by atoms with Gasteiger partial charge in [0.25, 0.3) is 0 Å². The molecule has 1 aliphatic rings. The van der Waals surface area contributed by atoms with Gasteiger partial charge in [0.1, 0.15) is 5.75 Å². The number of halogens is 3. The molecule has 1 fully saturated rings. The maximum atomic E-state index is 12.5. The summed E-state index contributed by atoms with van der Waals surface area (Å²) in [6.07, 6.45) is -0.240. The lowest BCUT2D eigenvalue weighted by molar-refractivity contribution is -0.274. The van der Waals surface area contributed by atoms with E-state index in [2.05, 4.69) is 20.4 Å². The number of para-hydroxylation sites is 1. The zero-order chi connectivity index (χ0) is 19.8. The highest BCUT2D eigenvalue weighted by molar-refractivity contribution is 5.79. The molecule has 0 saturated heterocycles. The van der Waals surface area contributed by atoms with Crippen molar-refractivity contribution in [3.63, 3.8) is 0 Å². The van der Waals surface area contributed by atoms with Gasteiger partial charge in [-0.25, -0.2) is 4.99 Å². The van der Waals surface area contributed by atoms with E-state index in [-0.39, 0.29) is 17.7 Å². The Balaban J connectivity index is 2.01. The number of rotatable bonds is 9. The molecule has 1 aromatic rings. The summed E-state index contributed by atoms with van der Waals surface area (Å²) < 4.78 is 46.9. The van der Waals surface area contributed by atoms with E-state index < -0.39 is 6.36 Å². The number of methoxy groups -OCH3 is 1. The van der Waals surface area contributed by atoms with E-state index >= 15 is 0 Å². The van der Waals surface area contributed by atoms with Crippen molar-refractivity contribution in [1.82, 2.24) is 10.6 Å². The smallest absolute Gasteiger partial charge is 0.405 e. The first kappa shape index (κ1) is 21.3. The van der Waals surface area contributed by atoms with Gasteiger partial charge in [-0.1, -0.05) is 24.6 Å². The largest absolute Gasteiger partial charge is 0.573 e. The summed E-state index contributed by atoms with van der Waals surface area (Å²) in [5.41, 5.74) is 0.591. The van der Waals surface area contributed by atoms with Gasteiger partial charge in [-0.3, -0.25) is 0 Å². The number of alkyl halides is 3. The summed E-state index contributed by atoms with van der Waals surface area (Å²) >= 11 is 0. The quantitative estimate of drug-likeness (QED) is 0.499. The van der Waals surface area contributed by atoms with Crippen LogP contribution in [-0.4, -0.2) is 39.1 Å². The second-order valence-corrected chi connectivity index (χ2v) is 6.80. The molecule has 0 unspecified atom stereocenters. The first-order valence-corrected chi connectivity index (χ1v) is 9.22. The molecule has 27 heavy (non-hydrogen) atoms. The van der Waals surface area contributed by atoms with E-state index in [1.807, 2.05) is 6.92 Å². The molecular formula is C19H28F3N3O2. The fourth-order valence-electron chi connectivity index (χ4n) is 3.15. The van der Waals surface area contributed by atoms with Crippen LogP contribution in [0.5, 0.6) is 5.75 Å². The van der Waals surface area contributed by atoms with Crippen LogP contribution in [0.2, 0.25) is 0 Å². The maximum Gasteiger partial charge on any atom is 0.573 e. The van der Waals surface area contributed by atoms with Gasteiger partial charge in [0.05, 0.1) is 6.54 Å². The number of benzene rings is 1. The Kier molecular flexibility index (Phi) is 7.77. The summed E-state index contributed by atoms with van der Waals surface area (Å²) in [5.74, 6) is 0.364.